The van der Waals surface area contributed by atoms with Gasteiger partial charge in [0.25, 0.3) is 11.9 Å². The quantitative estimate of drug-likeness (QED) is 0.315. The number of aromatic nitrogens is 2. The van der Waals surface area contributed by atoms with Gasteiger partial charge in [0.05, 0.1) is 23.6 Å². The first kappa shape index (κ1) is 35.6. The molecule has 3 aromatic rings. The Hall–Kier alpha value is -4.27. The van der Waals surface area contributed by atoms with E-state index in [0.29, 0.717) is 12.4 Å². The minimum Gasteiger partial charge on any atom is -0.459 e. The number of nitrogens with zero attached hydrogens (tertiary/aromatic N) is 4. The molecule has 1 aliphatic carbocycles. The average molecular weight is 706 g/mol. The highest BCUT2D eigenvalue weighted by Crippen LogP contribution is 2.46. The number of allylic oxidation sites excluding steroid dienone is 1. The van der Waals surface area contributed by atoms with Crippen molar-refractivity contribution in [2.24, 2.45) is 11.7 Å². The van der Waals surface area contributed by atoms with Gasteiger partial charge < -0.3 is 20.7 Å². The van der Waals surface area contributed by atoms with Crippen molar-refractivity contribution in [3.63, 3.8) is 0 Å². The number of carbonyl (C=O) groups excluding carboxylic acids is 3. The van der Waals surface area contributed by atoms with Gasteiger partial charge in [0.2, 0.25) is 11.8 Å². The Morgan fingerprint density at radius 2 is 1.86 bits per heavy atom. The summed E-state index contributed by atoms with van der Waals surface area (Å²) >= 11 is 0. The van der Waals surface area contributed by atoms with Crippen LogP contribution in [-0.4, -0.2) is 89.3 Å². The topological polar surface area (TPSA) is 169 Å². The number of hydrogen-bond acceptors (Lipinski definition) is 8. The molecule has 0 bridgehead atoms. The van der Waals surface area contributed by atoms with Crippen molar-refractivity contribution in [3.05, 3.63) is 60.7 Å². The molecule has 0 spiro atoms. The number of ether oxygens (including phenoxy) is 1. The molecule has 2 aromatic carbocycles. The van der Waals surface area contributed by atoms with Crippen molar-refractivity contribution in [1.82, 2.24) is 28.8 Å². The zero-order chi connectivity index (χ0) is 35.8. The predicted molar refractivity (Wildman–Crippen MR) is 190 cm³/mol. The molecular weight excluding hydrogens is 659 g/mol. The fourth-order valence-electron chi connectivity index (χ4n) is 6.98. The van der Waals surface area contributed by atoms with E-state index in [9.17, 15) is 22.8 Å². The van der Waals surface area contributed by atoms with Crippen molar-refractivity contribution in [1.29, 1.82) is 0 Å². The number of nitrogens with one attached hydrogen (secondary N) is 2. The maximum atomic E-state index is 14.1. The summed E-state index contributed by atoms with van der Waals surface area (Å²) in [6, 6.07) is 14.7. The van der Waals surface area contributed by atoms with Crippen molar-refractivity contribution < 1.29 is 27.5 Å². The van der Waals surface area contributed by atoms with Crippen molar-refractivity contribution in [2.75, 3.05) is 20.6 Å². The molecule has 3 aliphatic rings. The Kier molecular flexibility index (Phi) is 10.1. The molecule has 1 saturated heterocycles. The minimum absolute atomic E-state index is 0.000499. The number of benzene rings is 2. The molecule has 2 fully saturated rings. The molecule has 2 aliphatic heterocycles. The molecule has 0 radical (unpaired) electrons. The highest BCUT2D eigenvalue weighted by Gasteiger charge is 2.61. The molecule has 4 N–H and O–H groups in total. The normalized spacial score (nSPS) is 26.9. The maximum Gasteiger partial charge on any atom is 0.303 e. The number of rotatable bonds is 7. The summed E-state index contributed by atoms with van der Waals surface area (Å²) in [6.07, 6.45) is 7.33. The van der Waals surface area contributed by atoms with Gasteiger partial charge in [0, 0.05) is 32.5 Å². The van der Waals surface area contributed by atoms with Crippen LogP contribution in [0.25, 0.3) is 22.2 Å². The smallest absolute Gasteiger partial charge is 0.303 e. The van der Waals surface area contributed by atoms with Crippen LogP contribution < -0.4 is 20.5 Å². The molecule has 1 aromatic heterocycles. The lowest BCUT2D eigenvalue weighted by atomic mass is 10.1. The second-order valence-electron chi connectivity index (χ2n) is 14.1. The molecule has 50 heavy (non-hydrogen) atoms. The van der Waals surface area contributed by atoms with Crippen LogP contribution in [0.3, 0.4) is 0 Å². The Morgan fingerprint density at radius 1 is 1.10 bits per heavy atom. The van der Waals surface area contributed by atoms with Crippen molar-refractivity contribution in [2.45, 2.75) is 88.6 Å². The van der Waals surface area contributed by atoms with Gasteiger partial charge in [-0.2, -0.15) is 17.7 Å². The van der Waals surface area contributed by atoms with Gasteiger partial charge >= 0.3 is 10.2 Å². The number of hydrogen-bond donors (Lipinski definition) is 3. The number of amides is 3. The Labute approximate surface area is 293 Å². The van der Waals surface area contributed by atoms with Gasteiger partial charge in [-0.1, -0.05) is 61.4 Å². The van der Waals surface area contributed by atoms with Crippen molar-refractivity contribution >= 4 is 39.0 Å². The number of nitrogens with two attached hydrogens (primary N) is 1. The van der Waals surface area contributed by atoms with Gasteiger partial charge in [0.15, 0.2) is 0 Å². The third-order valence-corrected chi connectivity index (χ3v) is 11.3. The molecule has 268 valence electrons. The SMILES string of the molecule is CC(C)n1c(O[C@@H]2C[C@H]3C(=O)N[C@]4(C(=O)NS(=O)(=O)N(C)C)C[C@H]4/C=C\CCCCC[C@H](N)C(=O)N3C2)nc2cc(-c3ccccc3)ccc21. The molecule has 6 rings (SSSR count). The van der Waals surface area contributed by atoms with Gasteiger partial charge in [-0.3, -0.25) is 19.0 Å². The average Bonchev–Trinajstić information content (AvgIpc) is 3.41. The monoisotopic (exact) mass is 705 g/mol. The maximum absolute atomic E-state index is 14.1. The molecule has 3 heterocycles. The van der Waals surface area contributed by atoms with Crippen LogP contribution >= 0.6 is 0 Å². The van der Waals surface area contributed by atoms with E-state index in [1.807, 2.05) is 73.0 Å². The minimum atomic E-state index is -4.11. The highest BCUT2D eigenvalue weighted by atomic mass is 32.2. The van der Waals surface area contributed by atoms with E-state index in [1.165, 1.54) is 19.0 Å². The van der Waals surface area contributed by atoms with Gasteiger partial charge in [0.1, 0.15) is 17.7 Å². The summed E-state index contributed by atoms with van der Waals surface area (Å²) in [5.41, 5.74) is 8.67. The van der Waals surface area contributed by atoms with Crippen LogP contribution in [-0.2, 0) is 24.6 Å². The lowest BCUT2D eigenvalue weighted by Crippen LogP contribution is -2.58. The van der Waals surface area contributed by atoms with Gasteiger partial charge in [-0.05, 0) is 62.8 Å². The molecule has 13 nitrogen and oxygen atoms in total. The van der Waals surface area contributed by atoms with E-state index in [4.69, 9.17) is 15.5 Å². The number of imidazole rings is 1. The van der Waals surface area contributed by atoms with E-state index < -0.39 is 51.7 Å². The van der Waals surface area contributed by atoms with E-state index in [1.54, 1.807) is 0 Å². The van der Waals surface area contributed by atoms with Gasteiger partial charge in [-0.25, -0.2) is 4.72 Å². The summed E-state index contributed by atoms with van der Waals surface area (Å²) in [5.74, 6) is -2.15. The van der Waals surface area contributed by atoms with Crippen LogP contribution in [0.2, 0.25) is 0 Å². The highest BCUT2D eigenvalue weighted by molar-refractivity contribution is 7.87. The lowest BCUT2D eigenvalue weighted by Gasteiger charge is -2.28. The van der Waals surface area contributed by atoms with Crippen LogP contribution in [0.15, 0.2) is 60.7 Å². The first-order valence-corrected chi connectivity index (χ1v) is 18.8. The van der Waals surface area contributed by atoms with Crippen LogP contribution in [0.5, 0.6) is 6.01 Å². The van der Waals surface area contributed by atoms with Crippen molar-refractivity contribution in [3.8, 4) is 17.1 Å². The first-order chi connectivity index (χ1) is 23.8. The summed E-state index contributed by atoms with van der Waals surface area (Å²) in [4.78, 5) is 47.8. The zero-order valence-electron chi connectivity index (χ0n) is 29.0. The molecule has 14 heteroatoms. The zero-order valence-corrected chi connectivity index (χ0v) is 29.9. The van der Waals surface area contributed by atoms with Crippen LogP contribution in [0.1, 0.15) is 64.8 Å². The summed E-state index contributed by atoms with van der Waals surface area (Å²) in [7, 11) is -1.48. The lowest BCUT2D eigenvalue weighted by molar-refractivity contribution is -0.140. The number of carbonyl (C=O) groups is 3. The molecular formula is C36H47N7O6S. The molecule has 1 saturated carbocycles. The Morgan fingerprint density at radius 3 is 2.58 bits per heavy atom. The van der Waals surface area contributed by atoms with E-state index in [2.05, 4.69) is 16.1 Å². The molecule has 5 atom stereocenters. The first-order valence-electron chi connectivity index (χ1n) is 17.3. The molecule has 0 unspecified atom stereocenters. The summed E-state index contributed by atoms with van der Waals surface area (Å²) in [6.45, 7) is 4.17. The van der Waals surface area contributed by atoms with Gasteiger partial charge in [-0.15, -0.1) is 0 Å². The van der Waals surface area contributed by atoms with E-state index >= 15 is 0 Å². The second kappa shape index (κ2) is 14.2. The fourth-order valence-corrected chi connectivity index (χ4v) is 7.58. The second-order valence-corrected chi connectivity index (χ2v) is 16.0. The van der Waals surface area contributed by atoms with E-state index in [0.717, 1.165) is 52.1 Å². The summed E-state index contributed by atoms with van der Waals surface area (Å²) in [5, 5.41) is 2.87. The Bertz CT molecular complexity index is 1890. The fraction of sp³-hybridized carbons (Fsp3) is 0.500. The van der Waals surface area contributed by atoms with Crippen LogP contribution in [0.4, 0.5) is 0 Å². The third kappa shape index (κ3) is 7.14. The predicted octanol–water partition coefficient (Wildman–Crippen LogP) is 3.28. The standard InChI is InChI=1S/C36H47N7O6S/c1-23(2)43-30-18-17-25(24-13-9-8-10-14-24)19-29(30)38-35(43)49-27-20-31-32(44)39-36(34(46)40-50(47,48)41(3)4)21-26(36)15-11-6-5-7-12-16-28(37)33(45)42(31)22-27/h8-11,13-15,17-19,23,26-28,31H,5-7,12,16,20-22,37H2,1-4H3,(H,39,44)(H,40,46)/b15-11-/t26-,27-,28+,31+,36-/m1/s1. The molecule has 3 amide bonds. The van der Waals surface area contributed by atoms with Crippen LogP contribution in [0, 0.1) is 5.92 Å². The summed E-state index contributed by atoms with van der Waals surface area (Å²) < 4.78 is 36.8. The number of fused-ring (bicyclic) bond motifs is 3. The Balaban J connectivity index is 1.30. The largest absolute Gasteiger partial charge is 0.459 e. The van der Waals surface area contributed by atoms with E-state index in [-0.39, 0.29) is 31.3 Å². The third-order valence-electron chi connectivity index (χ3n) is 9.94.